The maximum Gasteiger partial charge on any atom is 0.326 e. The second-order valence-corrected chi connectivity index (χ2v) is 10.4. The largest absolute Gasteiger partial charge is 0.493 e. The normalized spacial score (nSPS) is 13.4. The molecule has 0 bridgehead atoms. The van der Waals surface area contributed by atoms with Gasteiger partial charge in [-0.15, -0.1) is 0 Å². The Morgan fingerprint density at radius 2 is 1.80 bits per heavy atom. The number of nitrogens with zero attached hydrogens (tertiary/aromatic N) is 1. The lowest BCUT2D eigenvalue weighted by atomic mass is 9.89. The van der Waals surface area contributed by atoms with Crippen LogP contribution in [0.2, 0.25) is 0 Å². The molecule has 40 heavy (non-hydrogen) atoms. The Kier molecular flexibility index (Phi) is 8.27. The standard InChI is InChI=1S/C30H33F2N3O5/c1-15(2)33-19-13-22(31)26(23(32)14-19)28(36)34-24(30(38)39)12-18-8-9-21(27-20(18)7-6-10-40-27)25-16(3)11-17(4)35(5)29(25)37/h8-9,11,13-15,24,33H,6-7,10,12H2,1-5H3,(H,34,36)(H,38,39)/t24-/m0/s1. The molecule has 1 aromatic heterocycles. The average molecular weight is 554 g/mol. The van der Waals surface area contributed by atoms with Crippen LogP contribution in [0, 0.1) is 25.5 Å². The number of rotatable bonds is 8. The molecule has 0 spiro atoms. The van der Waals surface area contributed by atoms with Crippen molar-refractivity contribution in [1.82, 2.24) is 9.88 Å². The Balaban J connectivity index is 1.67. The van der Waals surface area contributed by atoms with Gasteiger partial charge < -0.3 is 25.0 Å². The average Bonchev–Trinajstić information content (AvgIpc) is 2.87. The first-order valence-corrected chi connectivity index (χ1v) is 13.1. The van der Waals surface area contributed by atoms with Crippen LogP contribution in [0.25, 0.3) is 11.1 Å². The quantitative estimate of drug-likeness (QED) is 0.379. The van der Waals surface area contributed by atoms with E-state index in [0.717, 1.165) is 29.0 Å². The number of aliphatic carboxylic acids is 1. The third-order valence-electron chi connectivity index (χ3n) is 7.06. The zero-order chi connectivity index (χ0) is 29.3. The summed E-state index contributed by atoms with van der Waals surface area (Å²) in [7, 11) is 1.70. The number of aryl methyl sites for hydroxylation is 2. The fraction of sp³-hybridized carbons (Fsp3) is 0.367. The molecule has 0 aliphatic carbocycles. The summed E-state index contributed by atoms with van der Waals surface area (Å²) >= 11 is 0. The molecule has 0 radical (unpaired) electrons. The predicted octanol–water partition coefficient (Wildman–Crippen LogP) is 4.52. The van der Waals surface area contributed by atoms with Gasteiger partial charge in [0.05, 0.1) is 12.2 Å². The van der Waals surface area contributed by atoms with Crippen molar-refractivity contribution in [3.8, 4) is 16.9 Å². The molecule has 1 aliphatic rings. The number of hydrogen-bond donors (Lipinski definition) is 3. The van der Waals surface area contributed by atoms with Crippen LogP contribution in [-0.4, -0.2) is 40.2 Å². The Labute approximate surface area is 231 Å². The smallest absolute Gasteiger partial charge is 0.326 e. The number of amides is 1. The summed E-state index contributed by atoms with van der Waals surface area (Å²) in [6, 6.07) is 5.80. The molecule has 2 aromatic carbocycles. The monoisotopic (exact) mass is 553 g/mol. The minimum Gasteiger partial charge on any atom is -0.493 e. The molecule has 0 unspecified atom stereocenters. The molecule has 3 aromatic rings. The number of fused-ring (bicyclic) bond motifs is 1. The molecule has 2 heterocycles. The van der Waals surface area contributed by atoms with E-state index in [0.29, 0.717) is 41.9 Å². The number of ether oxygens (including phenoxy) is 1. The molecule has 1 amide bonds. The summed E-state index contributed by atoms with van der Waals surface area (Å²) in [5.41, 5.74) is 3.21. The number of carbonyl (C=O) groups is 2. The van der Waals surface area contributed by atoms with Crippen molar-refractivity contribution in [2.75, 3.05) is 11.9 Å². The number of carboxylic acid groups (broad SMARTS) is 1. The zero-order valence-corrected chi connectivity index (χ0v) is 23.2. The Morgan fingerprint density at radius 3 is 2.42 bits per heavy atom. The fourth-order valence-electron chi connectivity index (χ4n) is 5.08. The number of carbonyl (C=O) groups excluding carboxylic acids is 1. The number of carboxylic acids is 1. The highest BCUT2D eigenvalue weighted by atomic mass is 19.1. The van der Waals surface area contributed by atoms with Gasteiger partial charge in [0.25, 0.3) is 11.5 Å². The number of benzene rings is 2. The van der Waals surface area contributed by atoms with Crippen LogP contribution < -0.4 is 20.9 Å². The SMILES string of the molecule is Cc1cc(C)n(C)c(=O)c1-c1ccc(C[C@H](NC(=O)c2c(F)cc(NC(C)C)cc2F)C(=O)O)c2c1OCCC2. The van der Waals surface area contributed by atoms with Crippen molar-refractivity contribution < 1.29 is 28.2 Å². The highest BCUT2D eigenvalue weighted by molar-refractivity contribution is 5.97. The minimum absolute atomic E-state index is 0.0888. The second kappa shape index (κ2) is 11.5. The predicted molar refractivity (Wildman–Crippen MR) is 148 cm³/mol. The number of anilines is 1. The van der Waals surface area contributed by atoms with Gasteiger partial charge in [0.2, 0.25) is 0 Å². The molecular formula is C30H33F2N3O5. The molecule has 3 N–H and O–H groups in total. The first-order chi connectivity index (χ1) is 18.9. The topological polar surface area (TPSA) is 110 Å². The number of hydrogen-bond acceptors (Lipinski definition) is 5. The van der Waals surface area contributed by atoms with Crippen LogP contribution in [0.3, 0.4) is 0 Å². The maximum atomic E-state index is 14.7. The van der Waals surface area contributed by atoms with E-state index in [-0.39, 0.29) is 23.7 Å². The number of nitrogens with one attached hydrogen (secondary N) is 2. The van der Waals surface area contributed by atoms with Gasteiger partial charge in [-0.25, -0.2) is 13.6 Å². The van der Waals surface area contributed by atoms with Gasteiger partial charge in [0.15, 0.2) is 0 Å². The van der Waals surface area contributed by atoms with Gasteiger partial charge in [-0.05, 0) is 75.4 Å². The van der Waals surface area contributed by atoms with Crippen LogP contribution in [-0.2, 0) is 24.7 Å². The van der Waals surface area contributed by atoms with E-state index in [2.05, 4.69) is 10.6 Å². The molecule has 8 nitrogen and oxygen atoms in total. The van der Waals surface area contributed by atoms with E-state index in [1.165, 1.54) is 0 Å². The van der Waals surface area contributed by atoms with E-state index in [1.807, 2.05) is 19.9 Å². The van der Waals surface area contributed by atoms with Gasteiger partial charge in [0.1, 0.15) is 29.0 Å². The molecule has 1 aliphatic heterocycles. The summed E-state index contributed by atoms with van der Waals surface area (Å²) < 4.78 is 37.0. The summed E-state index contributed by atoms with van der Waals surface area (Å²) in [6.45, 7) is 7.74. The fourth-order valence-corrected chi connectivity index (χ4v) is 5.08. The lowest BCUT2D eigenvalue weighted by molar-refractivity contribution is -0.139. The van der Waals surface area contributed by atoms with E-state index in [9.17, 15) is 28.3 Å². The summed E-state index contributed by atoms with van der Waals surface area (Å²) in [5, 5.41) is 15.0. The highest BCUT2D eigenvalue weighted by Crippen LogP contribution is 2.39. The summed E-state index contributed by atoms with van der Waals surface area (Å²) in [4.78, 5) is 38.1. The molecule has 0 saturated heterocycles. The van der Waals surface area contributed by atoms with Crippen LogP contribution in [0.5, 0.6) is 5.75 Å². The summed E-state index contributed by atoms with van der Waals surface area (Å²) in [6.07, 6.45) is 1.12. The first-order valence-electron chi connectivity index (χ1n) is 13.1. The highest BCUT2D eigenvalue weighted by Gasteiger charge is 2.29. The van der Waals surface area contributed by atoms with Crippen molar-refractivity contribution >= 4 is 17.6 Å². The van der Waals surface area contributed by atoms with Gasteiger partial charge >= 0.3 is 5.97 Å². The van der Waals surface area contributed by atoms with E-state index in [4.69, 9.17) is 4.74 Å². The van der Waals surface area contributed by atoms with Crippen LogP contribution >= 0.6 is 0 Å². The number of pyridine rings is 1. The summed E-state index contributed by atoms with van der Waals surface area (Å²) in [5.74, 6) is -4.22. The molecule has 0 saturated carbocycles. The van der Waals surface area contributed by atoms with Gasteiger partial charge in [-0.3, -0.25) is 9.59 Å². The van der Waals surface area contributed by atoms with Crippen molar-refractivity contribution in [3.63, 3.8) is 0 Å². The van der Waals surface area contributed by atoms with Gasteiger partial charge in [-0.1, -0.05) is 12.1 Å². The lowest BCUT2D eigenvalue weighted by Crippen LogP contribution is -2.43. The van der Waals surface area contributed by atoms with Crippen LogP contribution in [0.1, 0.15) is 53.0 Å². The van der Waals surface area contributed by atoms with Crippen LogP contribution in [0.4, 0.5) is 14.5 Å². The lowest BCUT2D eigenvalue weighted by Gasteiger charge is -2.25. The van der Waals surface area contributed by atoms with E-state index >= 15 is 0 Å². The Hall–Kier alpha value is -4.21. The molecule has 0 fully saturated rings. The van der Waals surface area contributed by atoms with Crippen molar-refractivity contribution in [1.29, 1.82) is 0 Å². The minimum atomic E-state index is -1.47. The third-order valence-corrected chi connectivity index (χ3v) is 7.06. The molecular weight excluding hydrogens is 520 g/mol. The molecule has 212 valence electrons. The molecule has 10 heteroatoms. The first kappa shape index (κ1) is 28.8. The zero-order valence-electron chi connectivity index (χ0n) is 23.2. The Morgan fingerprint density at radius 1 is 1.12 bits per heavy atom. The van der Waals surface area contributed by atoms with Gasteiger partial charge in [-0.2, -0.15) is 0 Å². The third kappa shape index (κ3) is 5.71. The number of aromatic nitrogens is 1. The van der Waals surface area contributed by atoms with Crippen molar-refractivity contribution in [2.45, 2.75) is 59.0 Å². The van der Waals surface area contributed by atoms with Gasteiger partial charge in [0, 0.05) is 36.5 Å². The van der Waals surface area contributed by atoms with Crippen molar-refractivity contribution in [2.24, 2.45) is 7.05 Å². The second-order valence-electron chi connectivity index (χ2n) is 10.4. The van der Waals surface area contributed by atoms with Crippen molar-refractivity contribution in [3.05, 3.63) is 80.3 Å². The van der Waals surface area contributed by atoms with Crippen LogP contribution in [0.15, 0.2) is 35.1 Å². The van der Waals surface area contributed by atoms with E-state index < -0.39 is 35.1 Å². The van der Waals surface area contributed by atoms with E-state index in [1.54, 1.807) is 37.6 Å². The molecule has 1 atom stereocenters. The number of halogens is 2. The maximum absolute atomic E-state index is 14.7. The molecule has 4 rings (SSSR count). The Bertz CT molecular complexity index is 1520.